The molecule has 7 heteroatoms. The van der Waals surface area contributed by atoms with Crippen molar-refractivity contribution < 1.29 is 17.9 Å². The standard InChI is InChI=1S/C13H15NO4S2/c15-13(10-5-6-18-8-10,12-2-1-7-19-12)9-14-20(16,17)11-3-4-11/h1-2,5-8,11,14-15H,3-4,9H2. The molecule has 0 spiro atoms. The minimum atomic E-state index is -3.34. The van der Waals surface area contributed by atoms with E-state index in [1.54, 1.807) is 12.1 Å². The summed E-state index contributed by atoms with van der Waals surface area (Å²) in [5.41, 5.74) is -0.859. The molecule has 0 radical (unpaired) electrons. The van der Waals surface area contributed by atoms with Crippen molar-refractivity contribution in [2.75, 3.05) is 6.54 Å². The van der Waals surface area contributed by atoms with Gasteiger partial charge in [-0.2, -0.15) is 0 Å². The lowest BCUT2D eigenvalue weighted by atomic mass is 9.95. The van der Waals surface area contributed by atoms with Crippen molar-refractivity contribution in [3.05, 3.63) is 46.5 Å². The monoisotopic (exact) mass is 313 g/mol. The van der Waals surface area contributed by atoms with Gasteiger partial charge in [0.2, 0.25) is 10.0 Å². The fourth-order valence-electron chi connectivity index (χ4n) is 2.05. The van der Waals surface area contributed by atoms with Gasteiger partial charge in [-0.15, -0.1) is 11.3 Å². The lowest BCUT2D eigenvalue weighted by Gasteiger charge is -2.26. The fraction of sp³-hybridized carbons (Fsp3) is 0.385. The molecular formula is C13H15NO4S2. The SMILES string of the molecule is O=S(=O)(NCC(O)(c1ccoc1)c1cccs1)C1CC1. The zero-order valence-electron chi connectivity index (χ0n) is 10.7. The first-order valence-electron chi connectivity index (χ1n) is 6.30. The van der Waals surface area contributed by atoms with Crippen LogP contribution in [0.1, 0.15) is 23.3 Å². The lowest BCUT2D eigenvalue weighted by Crippen LogP contribution is -2.42. The van der Waals surface area contributed by atoms with Gasteiger partial charge in [0.1, 0.15) is 5.60 Å². The van der Waals surface area contributed by atoms with E-state index in [0.29, 0.717) is 23.3 Å². The molecule has 2 aromatic rings. The summed E-state index contributed by atoms with van der Waals surface area (Å²) in [5, 5.41) is 12.5. The van der Waals surface area contributed by atoms with Gasteiger partial charge in [0.25, 0.3) is 0 Å². The Morgan fingerprint density at radius 2 is 2.25 bits per heavy atom. The van der Waals surface area contributed by atoms with Crippen LogP contribution in [0.5, 0.6) is 0 Å². The summed E-state index contributed by atoms with van der Waals surface area (Å²) in [6.45, 7) is -0.0914. The van der Waals surface area contributed by atoms with Crippen LogP contribution in [0.2, 0.25) is 0 Å². The van der Waals surface area contributed by atoms with Crippen LogP contribution < -0.4 is 4.72 Å². The molecule has 0 aromatic carbocycles. The van der Waals surface area contributed by atoms with E-state index in [0.717, 1.165) is 0 Å². The highest BCUT2D eigenvalue weighted by Gasteiger charge is 2.40. The molecule has 2 aromatic heterocycles. The van der Waals surface area contributed by atoms with E-state index in [1.165, 1.54) is 23.9 Å². The first-order valence-corrected chi connectivity index (χ1v) is 8.72. The molecular weight excluding hydrogens is 298 g/mol. The second kappa shape index (κ2) is 5.00. The summed E-state index contributed by atoms with van der Waals surface area (Å²) < 4.78 is 31.4. The minimum absolute atomic E-state index is 0.0914. The van der Waals surface area contributed by atoms with Gasteiger partial charge >= 0.3 is 0 Å². The van der Waals surface area contributed by atoms with Crippen LogP contribution in [-0.4, -0.2) is 25.3 Å². The van der Waals surface area contributed by atoms with Crippen LogP contribution in [-0.2, 0) is 15.6 Å². The Labute approximate surface area is 121 Å². The second-order valence-corrected chi connectivity index (χ2v) is 7.91. The highest BCUT2D eigenvalue weighted by Crippen LogP contribution is 2.34. The molecule has 1 aliphatic carbocycles. The van der Waals surface area contributed by atoms with Gasteiger partial charge in [0.05, 0.1) is 17.8 Å². The molecule has 0 saturated heterocycles. The summed E-state index contributed by atoms with van der Waals surface area (Å²) >= 11 is 1.38. The van der Waals surface area contributed by atoms with Crippen LogP contribution >= 0.6 is 11.3 Å². The van der Waals surface area contributed by atoms with E-state index in [4.69, 9.17) is 4.42 Å². The largest absolute Gasteiger partial charge is 0.472 e. The number of hydrogen-bond donors (Lipinski definition) is 2. The average Bonchev–Trinajstić information content (AvgIpc) is 2.96. The zero-order valence-corrected chi connectivity index (χ0v) is 12.3. The molecule has 0 aliphatic heterocycles. The molecule has 1 atom stereocenters. The van der Waals surface area contributed by atoms with Crippen LogP contribution in [0, 0.1) is 0 Å². The van der Waals surface area contributed by atoms with Crippen LogP contribution in [0.4, 0.5) is 0 Å². The Morgan fingerprint density at radius 1 is 1.45 bits per heavy atom. The quantitative estimate of drug-likeness (QED) is 0.850. The summed E-state index contributed by atoms with van der Waals surface area (Å²) in [7, 11) is -3.34. The fourth-order valence-corrected chi connectivity index (χ4v) is 4.29. The highest BCUT2D eigenvalue weighted by molar-refractivity contribution is 7.90. The third kappa shape index (κ3) is 2.54. The molecule has 5 nitrogen and oxygen atoms in total. The molecule has 3 rings (SSSR count). The molecule has 1 aliphatic rings. The Hall–Kier alpha value is -1.15. The number of furan rings is 1. The Balaban J connectivity index is 1.87. The van der Waals surface area contributed by atoms with Crippen molar-refractivity contribution >= 4 is 21.4 Å². The van der Waals surface area contributed by atoms with Gasteiger partial charge in [0, 0.05) is 17.0 Å². The molecule has 2 heterocycles. The van der Waals surface area contributed by atoms with Crippen LogP contribution in [0.3, 0.4) is 0 Å². The van der Waals surface area contributed by atoms with E-state index in [9.17, 15) is 13.5 Å². The second-order valence-electron chi connectivity index (χ2n) is 4.92. The third-order valence-electron chi connectivity index (χ3n) is 3.42. The number of thiophene rings is 1. The Morgan fingerprint density at radius 3 is 2.80 bits per heavy atom. The van der Waals surface area contributed by atoms with E-state index < -0.39 is 15.6 Å². The van der Waals surface area contributed by atoms with Crippen LogP contribution in [0.25, 0.3) is 0 Å². The van der Waals surface area contributed by atoms with Gasteiger partial charge in [-0.3, -0.25) is 0 Å². The van der Waals surface area contributed by atoms with Crippen molar-refractivity contribution in [3.8, 4) is 0 Å². The van der Waals surface area contributed by atoms with Gasteiger partial charge in [-0.25, -0.2) is 13.1 Å². The summed E-state index contributed by atoms with van der Waals surface area (Å²) in [6, 6.07) is 5.24. The summed E-state index contributed by atoms with van der Waals surface area (Å²) in [5.74, 6) is 0. The third-order valence-corrected chi connectivity index (χ3v) is 6.34. The first kappa shape index (κ1) is 13.8. The van der Waals surface area contributed by atoms with Crippen molar-refractivity contribution in [3.63, 3.8) is 0 Å². The van der Waals surface area contributed by atoms with Gasteiger partial charge in [-0.1, -0.05) is 6.07 Å². The van der Waals surface area contributed by atoms with Crippen molar-refractivity contribution in [2.24, 2.45) is 0 Å². The van der Waals surface area contributed by atoms with Crippen LogP contribution in [0.15, 0.2) is 40.5 Å². The first-order chi connectivity index (χ1) is 9.52. The van der Waals surface area contributed by atoms with Crippen molar-refractivity contribution in [1.82, 2.24) is 4.72 Å². The Kier molecular flexibility index (Phi) is 3.45. The van der Waals surface area contributed by atoms with E-state index in [-0.39, 0.29) is 11.8 Å². The molecule has 2 N–H and O–H groups in total. The number of aliphatic hydroxyl groups is 1. The highest BCUT2D eigenvalue weighted by atomic mass is 32.2. The van der Waals surface area contributed by atoms with Crippen molar-refractivity contribution in [2.45, 2.75) is 23.7 Å². The predicted octanol–water partition coefficient (Wildman–Crippen LogP) is 1.66. The summed E-state index contributed by atoms with van der Waals surface area (Å²) in [6.07, 6.45) is 4.28. The predicted molar refractivity (Wildman–Crippen MR) is 76.0 cm³/mol. The van der Waals surface area contributed by atoms with E-state index in [2.05, 4.69) is 4.72 Å². The molecule has 108 valence electrons. The lowest BCUT2D eigenvalue weighted by molar-refractivity contribution is 0.0891. The maximum absolute atomic E-state index is 11.9. The maximum Gasteiger partial charge on any atom is 0.214 e. The normalized spacial score (nSPS) is 18.9. The smallest absolute Gasteiger partial charge is 0.214 e. The molecule has 0 amide bonds. The number of hydrogen-bond acceptors (Lipinski definition) is 5. The molecule has 1 unspecified atom stereocenters. The number of nitrogens with one attached hydrogen (secondary N) is 1. The molecule has 1 fully saturated rings. The Bertz CT molecular complexity index is 623. The van der Waals surface area contributed by atoms with Gasteiger partial charge in [-0.05, 0) is 30.4 Å². The topological polar surface area (TPSA) is 79.5 Å². The average molecular weight is 313 g/mol. The number of rotatable bonds is 6. The van der Waals surface area contributed by atoms with Gasteiger partial charge in [0.15, 0.2) is 0 Å². The molecule has 1 saturated carbocycles. The maximum atomic E-state index is 11.9. The molecule has 20 heavy (non-hydrogen) atoms. The van der Waals surface area contributed by atoms with Gasteiger partial charge < -0.3 is 9.52 Å². The summed E-state index contributed by atoms with van der Waals surface area (Å²) in [4.78, 5) is 0.678. The minimum Gasteiger partial charge on any atom is -0.472 e. The number of sulfonamides is 1. The van der Waals surface area contributed by atoms with E-state index >= 15 is 0 Å². The zero-order chi connectivity index (χ0) is 14.2. The van der Waals surface area contributed by atoms with E-state index in [1.807, 2.05) is 11.4 Å². The molecule has 0 bridgehead atoms. The van der Waals surface area contributed by atoms with Crippen molar-refractivity contribution in [1.29, 1.82) is 0 Å².